The highest BCUT2D eigenvalue weighted by molar-refractivity contribution is 7.99. The highest BCUT2D eigenvalue weighted by Crippen LogP contribution is 2.27. The van der Waals surface area contributed by atoms with Gasteiger partial charge in [-0.1, -0.05) is 29.4 Å². The summed E-state index contributed by atoms with van der Waals surface area (Å²) < 4.78 is 33.5. The molecule has 4 rings (SSSR count). The van der Waals surface area contributed by atoms with Gasteiger partial charge in [0.25, 0.3) is 20.9 Å². The second-order valence-electron chi connectivity index (χ2n) is 7.16. The molecular formula is C22H14ClN5O6S2. The molecule has 0 saturated heterocycles. The fourth-order valence-electron chi connectivity index (χ4n) is 3.04. The van der Waals surface area contributed by atoms with Crippen LogP contribution in [0.5, 0.6) is 0 Å². The zero-order valence-corrected chi connectivity index (χ0v) is 20.4. The Kier molecular flexibility index (Phi) is 7.11. The number of amides is 1. The van der Waals surface area contributed by atoms with Gasteiger partial charge >= 0.3 is 0 Å². The van der Waals surface area contributed by atoms with Gasteiger partial charge in [-0.3, -0.25) is 19.6 Å². The van der Waals surface area contributed by atoms with Crippen LogP contribution in [0, 0.1) is 21.4 Å². The minimum atomic E-state index is -3.92. The number of nitro groups is 1. The van der Waals surface area contributed by atoms with E-state index in [0.717, 1.165) is 17.8 Å². The van der Waals surface area contributed by atoms with Gasteiger partial charge in [-0.05, 0) is 42.5 Å². The summed E-state index contributed by atoms with van der Waals surface area (Å²) >= 11 is 6.86. The van der Waals surface area contributed by atoms with Crippen LogP contribution < -0.4 is 10.0 Å². The van der Waals surface area contributed by atoms with Crippen molar-refractivity contribution in [1.82, 2.24) is 4.98 Å². The lowest BCUT2D eigenvalue weighted by molar-refractivity contribution is -0.384. The fourth-order valence-corrected chi connectivity index (χ4v) is 4.94. The molecule has 36 heavy (non-hydrogen) atoms. The molecule has 2 N–H and O–H groups in total. The summed E-state index contributed by atoms with van der Waals surface area (Å²) in [6.07, 6.45) is 0. The standard InChI is InChI=1S/C22H14ClN5O6S2/c23-14-2-1-3-15(9-14)27-36(32,33)17-5-7-20-19(10-17)26-22(34-20)35-12-21(29)25-18-6-4-16(28(30)31)8-13(18)11-24/h1-10,27H,12H2,(H,25,29). The summed E-state index contributed by atoms with van der Waals surface area (Å²) in [5, 5.41) is 23.1. The summed E-state index contributed by atoms with van der Waals surface area (Å²) in [5.41, 5.74) is 0.709. The Hall–Kier alpha value is -4.12. The third-order valence-electron chi connectivity index (χ3n) is 4.66. The van der Waals surface area contributed by atoms with E-state index in [1.807, 2.05) is 0 Å². The van der Waals surface area contributed by atoms with E-state index in [-0.39, 0.29) is 38.3 Å². The third-order valence-corrected chi connectivity index (χ3v) is 7.10. The Morgan fingerprint density at radius 3 is 2.72 bits per heavy atom. The first kappa shape index (κ1) is 25.0. The molecule has 0 saturated carbocycles. The van der Waals surface area contributed by atoms with E-state index in [1.165, 1.54) is 36.4 Å². The molecule has 1 aromatic heterocycles. The Labute approximate surface area is 213 Å². The summed E-state index contributed by atoms with van der Waals surface area (Å²) in [4.78, 5) is 26.7. The lowest BCUT2D eigenvalue weighted by atomic mass is 10.1. The number of aromatic nitrogens is 1. The number of benzene rings is 3. The van der Waals surface area contributed by atoms with Gasteiger partial charge in [0.2, 0.25) is 5.91 Å². The molecule has 11 nitrogen and oxygen atoms in total. The number of fused-ring (bicyclic) bond motifs is 1. The zero-order chi connectivity index (χ0) is 25.9. The number of halogens is 1. The minimum Gasteiger partial charge on any atom is -0.431 e. The van der Waals surface area contributed by atoms with Crippen LogP contribution >= 0.6 is 23.4 Å². The van der Waals surface area contributed by atoms with Gasteiger partial charge < -0.3 is 9.73 Å². The van der Waals surface area contributed by atoms with Crippen LogP contribution in [0.3, 0.4) is 0 Å². The van der Waals surface area contributed by atoms with Crippen molar-refractivity contribution in [3.8, 4) is 6.07 Å². The van der Waals surface area contributed by atoms with Crippen LogP contribution in [-0.4, -0.2) is 30.0 Å². The van der Waals surface area contributed by atoms with Gasteiger partial charge in [0.15, 0.2) is 5.58 Å². The van der Waals surface area contributed by atoms with Crippen molar-refractivity contribution < 1.29 is 22.6 Å². The first-order valence-corrected chi connectivity index (χ1v) is 12.8. The van der Waals surface area contributed by atoms with Gasteiger partial charge in [0.05, 0.1) is 32.5 Å². The molecule has 0 fully saturated rings. The maximum Gasteiger partial charge on any atom is 0.270 e. The Morgan fingerprint density at radius 1 is 1.19 bits per heavy atom. The number of thioether (sulfide) groups is 1. The molecule has 3 aromatic carbocycles. The highest BCUT2D eigenvalue weighted by Gasteiger charge is 2.18. The molecule has 0 atom stereocenters. The lowest BCUT2D eigenvalue weighted by Gasteiger charge is -2.08. The first-order chi connectivity index (χ1) is 17.1. The maximum atomic E-state index is 12.7. The quantitative estimate of drug-likeness (QED) is 0.180. The number of carbonyl (C=O) groups is 1. The van der Waals surface area contributed by atoms with Crippen LogP contribution in [0.1, 0.15) is 5.56 Å². The number of nitrogens with zero attached hydrogens (tertiary/aromatic N) is 3. The number of sulfonamides is 1. The Balaban J connectivity index is 1.44. The predicted octanol–water partition coefficient (Wildman–Crippen LogP) is 4.79. The topological polar surface area (TPSA) is 168 Å². The van der Waals surface area contributed by atoms with E-state index >= 15 is 0 Å². The number of oxazole rings is 1. The monoisotopic (exact) mass is 543 g/mol. The van der Waals surface area contributed by atoms with E-state index < -0.39 is 20.9 Å². The molecule has 0 bridgehead atoms. The first-order valence-electron chi connectivity index (χ1n) is 9.95. The second-order valence-corrected chi connectivity index (χ2v) is 10.2. The Morgan fingerprint density at radius 2 is 2.00 bits per heavy atom. The second kappa shape index (κ2) is 10.2. The number of hydrogen-bond acceptors (Lipinski definition) is 9. The molecule has 0 radical (unpaired) electrons. The summed E-state index contributed by atoms with van der Waals surface area (Å²) in [6.45, 7) is 0. The van der Waals surface area contributed by atoms with Crippen molar-refractivity contribution in [2.75, 3.05) is 15.8 Å². The van der Waals surface area contributed by atoms with E-state index in [1.54, 1.807) is 24.3 Å². The number of nitriles is 1. The zero-order valence-electron chi connectivity index (χ0n) is 18.0. The average molecular weight is 544 g/mol. The van der Waals surface area contributed by atoms with Crippen LogP contribution in [0.25, 0.3) is 11.1 Å². The molecule has 14 heteroatoms. The average Bonchev–Trinajstić information content (AvgIpc) is 3.25. The van der Waals surface area contributed by atoms with Crippen LogP contribution in [0.4, 0.5) is 17.1 Å². The van der Waals surface area contributed by atoms with Crippen molar-refractivity contribution >= 4 is 67.5 Å². The summed E-state index contributed by atoms with van der Waals surface area (Å²) in [5.74, 6) is -0.641. The van der Waals surface area contributed by atoms with Gasteiger partial charge in [0.1, 0.15) is 11.6 Å². The van der Waals surface area contributed by atoms with Crippen LogP contribution in [0.15, 0.2) is 75.2 Å². The molecule has 0 spiro atoms. The van der Waals surface area contributed by atoms with Crippen molar-refractivity contribution in [1.29, 1.82) is 5.26 Å². The van der Waals surface area contributed by atoms with Crippen molar-refractivity contribution in [2.45, 2.75) is 10.1 Å². The number of carbonyl (C=O) groups excluding carboxylic acids is 1. The molecule has 0 unspecified atom stereocenters. The van der Waals surface area contributed by atoms with Crippen LogP contribution in [-0.2, 0) is 14.8 Å². The van der Waals surface area contributed by atoms with Gasteiger partial charge in [-0.15, -0.1) is 0 Å². The SMILES string of the molecule is N#Cc1cc([N+](=O)[O-])ccc1NC(=O)CSc1nc2cc(S(=O)(=O)Nc3cccc(Cl)c3)ccc2o1. The highest BCUT2D eigenvalue weighted by atomic mass is 35.5. The molecular weight excluding hydrogens is 530 g/mol. The molecule has 0 aliphatic heterocycles. The minimum absolute atomic E-state index is 0.0419. The molecule has 0 aliphatic carbocycles. The van der Waals surface area contributed by atoms with Gasteiger partial charge in [-0.25, -0.2) is 13.4 Å². The number of rotatable bonds is 8. The van der Waals surface area contributed by atoms with Gasteiger partial charge in [-0.2, -0.15) is 5.26 Å². The number of non-ortho nitro benzene ring substituents is 1. The van der Waals surface area contributed by atoms with E-state index in [0.29, 0.717) is 16.3 Å². The van der Waals surface area contributed by atoms with Crippen molar-refractivity contribution in [2.24, 2.45) is 0 Å². The van der Waals surface area contributed by atoms with E-state index in [2.05, 4.69) is 15.0 Å². The van der Waals surface area contributed by atoms with Crippen molar-refractivity contribution in [3.05, 3.63) is 81.4 Å². The number of nitro benzene ring substituents is 1. The molecule has 1 heterocycles. The van der Waals surface area contributed by atoms with E-state index in [9.17, 15) is 28.6 Å². The van der Waals surface area contributed by atoms with Gasteiger partial charge in [0, 0.05) is 17.2 Å². The number of anilines is 2. The largest absolute Gasteiger partial charge is 0.431 e. The summed E-state index contributed by atoms with van der Waals surface area (Å²) in [6, 6.07) is 15.8. The van der Waals surface area contributed by atoms with Crippen LogP contribution in [0.2, 0.25) is 5.02 Å². The maximum absolute atomic E-state index is 12.7. The third kappa shape index (κ3) is 5.74. The van der Waals surface area contributed by atoms with E-state index in [4.69, 9.17) is 16.0 Å². The lowest BCUT2D eigenvalue weighted by Crippen LogP contribution is -2.15. The molecule has 4 aromatic rings. The normalized spacial score (nSPS) is 11.1. The predicted molar refractivity (Wildman–Crippen MR) is 133 cm³/mol. The molecule has 1 amide bonds. The Bertz CT molecular complexity index is 1650. The number of nitrogens with one attached hydrogen (secondary N) is 2. The number of hydrogen-bond donors (Lipinski definition) is 2. The molecule has 182 valence electrons. The van der Waals surface area contributed by atoms with Crippen molar-refractivity contribution in [3.63, 3.8) is 0 Å². The fraction of sp³-hybridized carbons (Fsp3) is 0.0455. The molecule has 0 aliphatic rings. The summed E-state index contributed by atoms with van der Waals surface area (Å²) in [7, 11) is -3.92. The smallest absolute Gasteiger partial charge is 0.270 e.